The van der Waals surface area contributed by atoms with E-state index in [9.17, 15) is 13.2 Å². The summed E-state index contributed by atoms with van der Waals surface area (Å²) in [7, 11) is -3.92. The van der Waals surface area contributed by atoms with Gasteiger partial charge in [0.05, 0.1) is 10.6 Å². The smallest absolute Gasteiger partial charge is 0.363 e. The Balaban J connectivity index is 1.91. The highest BCUT2D eigenvalue weighted by Crippen LogP contribution is 2.35. The lowest BCUT2D eigenvalue weighted by Gasteiger charge is -2.23. The van der Waals surface area contributed by atoms with Gasteiger partial charge in [0, 0.05) is 18.5 Å². The molecule has 0 bridgehead atoms. The Bertz CT molecular complexity index is 1160. The topological polar surface area (TPSA) is 79.6 Å². The highest BCUT2D eigenvalue weighted by Gasteiger charge is 2.26. The van der Waals surface area contributed by atoms with E-state index in [1.165, 1.54) is 6.07 Å². The Kier molecular flexibility index (Phi) is 4.39. The summed E-state index contributed by atoms with van der Waals surface area (Å²) in [6.07, 6.45) is 2.00. The summed E-state index contributed by atoms with van der Waals surface area (Å²) in [5, 5.41) is 0.724. The van der Waals surface area contributed by atoms with Crippen LogP contribution in [0.1, 0.15) is 18.4 Å². The van der Waals surface area contributed by atoms with Gasteiger partial charge in [0.25, 0.3) is 10.0 Å². The maximum Gasteiger partial charge on any atom is 0.363 e. The lowest BCUT2D eigenvalue weighted by atomic mass is 10.1. The van der Waals surface area contributed by atoms with Crippen molar-refractivity contribution in [2.75, 3.05) is 22.7 Å². The standard InChI is InChI=1S/C20H20N2O4S/c1-14-8-2-5-11-17(14)27(24,25)21-18-19(22-12-6-7-13-22)15-9-3-4-10-16(15)26-20(18)23/h2-5,8-11,21H,6-7,12-13H2,1H3. The molecule has 0 spiro atoms. The highest BCUT2D eigenvalue weighted by atomic mass is 32.2. The van der Waals surface area contributed by atoms with Crippen LogP contribution in [0.3, 0.4) is 0 Å². The number of sulfonamides is 1. The van der Waals surface area contributed by atoms with Crippen LogP contribution in [0.5, 0.6) is 0 Å². The van der Waals surface area contributed by atoms with Crippen LogP contribution in [-0.4, -0.2) is 21.5 Å². The predicted octanol–water partition coefficient (Wildman–Crippen LogP) is 3.50. The molecule has 1 aliphatic heterocycles. The van der Waals surface area contributed by atoms with Gasteiger partial charge in [-0.15, -0.1) is 0 Å². The molecule has 0 saturated carbocycles. The summed E-state index contributed by atoms with van der Waals surface area (Å²) < 4.78 is 33.8. The number of fused-ring (bicyclic) bond motifs is 1. The molecule has 2 heterocycles. The molecule has 0 amide bonds. The van der Waals surface area contributed by atoms with Crippen molar-refractivity contribution in [2.45, 2.75) is 24.7 Å². The maximum absolute atomic E-state index is 13.0. The summed E-state index contributed by atoms with van der Waals surface area (Å²) in [4.78, 5) is 14.9. The second-order valence-electron chi connectivity index (χ2n) is 6.67. The van der Waals surface area contributed by atoms with Crippen LogP contribution >= 0.6 is 0 Å². The van der Waals surface area contributed by atoms with Gasteiger partial charge >= 0.3 is 5.63 Å². The number of nitrogens with one attached hydrogen (secondary N) is 1. The Morgan fingerprint density at radius 1 is 1.00 bits per heavy atom. The fourth-order valence-electron chi connectivity index (χ4n) is 3.54. The molecule has 1 fully saturated rings. The minimum absolute atomic E-state index is 0.0288. The fourth-order valence-corrected chi connectivity index (χ4v) is 4.85. The lowest BCUT2D eigenvalue weighted by molar-refractivity contribution is 0.562. The number of nitrogens with zero attached hydrogens (tertiary/aromatic N) is 1. The number of aryl methyl sites for hydroxylation is 1. The van der Waals surface area contributed by atoms with Crippen LogP contribution in [0.2, 0.25) is 0 Å². The van der Waals surface area contributed by atoms with Crippen molar-refractivity contribution in [1.82, 2.24) is 0 Å². The molecule has 0 radical (unpaired) electrons. The molecule has 27 heavy (non-hydrogen) atoms. The molecule has 0 unspecified atom stereocenters. The van der Waals surface area contributed by atoms with Crippen molar-refractivity contribution in [2.24, 2.45) is 0 Å². The second-order valence-corrected chi connectivity index (χ2v) is 8.33. The molecular weight excluding hydrogens is 364 g/mol. The first kappa shape index (κ1) is 17.6. The number of hydrogen-bond donors (Lipinski definition) is 1. The first-order chi connectivity index (χ1) is 13.0. The second kappa shape index (κ2) is 6.74. The molecule has 1 aromatic heterocycles. The average Bonchev–Trinajstić information content (AvgIpc) is 3.16. The van der Waals surface area contributed by atoms with E-state index < -0.39 is 15.6 Å². The molecule has 3 aromatic rings. The zero-order valence-corrected chi connectivity index (χ0v) is 15.8. The van der Waals surface area contributed by atoms with Crippen LogP contribution < -0.4 is 15.2 Å². The third-order valence-electron chi connectivity index (χ3n) is 4.83. The van der Waals surface area contributed by atoms with Crippen molar-refractivity contribution in [1.29, 1.82) is 0 Å². The van der Waals surface area contributed by atoms with Gasteiger partial charge in [-0.1, -0.05) is 30.3 Å². The van der Waals surface area contributed by atoms with E-state index in [0.717, 1.165) is 31.3 Å². The molecule has 1 saturated heterocycles. The van der Waals surface area contributed by atoms with Crippen LogP contribution in [0, 0.1) is 6.92 Å². The molecule has 0 atom stereocenters. The van der Waals surface area contributed by atoms with Crippen LogP contribution in [0.15, 0.2) is 62.6 Å². The summed E-state index contributed by atoms with van der Waals surface area (Å²) in [5.74, 6) is 0. The van der Waals surface area contributed by atoms with Gasteiger partial charge in [-0.2, -0.15) is 0 Å². The third-order valence-corrected chi connectivity index (χ3v) is 6.34. The van der Waals surface area contributed by atoms with Gasteiger partial charge in [0.15, 0.2) is 5.69 Å². The van der Waals surface area contributed by atoms with Crippen molar-refractivity contribution in [3.05, 3.63) is 64.5 Å². The predicted molar refractivity (Wildman–Crippen MR) is 106 cm³/mol. The molecule has 7 heteroatoms. The monoisotopic (exact) mass is 384 g/mol. The van der Waals surface area contributed by atoms with E-state index in [2.05, 4.69) is 9.62 Å². The van der Waals surface area contributed by atoms with Crippen LogP contribution in [-0.2, 0) is 10.0 Å². The van der Waals surface area contributed by atoms with Crippen molar-refractivity contribution in [3.63, 3.8) is 0 Å². The Morgan fingerprint density at radius 3 is 2.41 bits per heavy atom. The molecule has 4 rings (SSSR count). The van der Waals surface area contributed by atoms with Gasteiger partial charge in [0.1, 0.15) is 5.58 Å². The van der Waals surface area contributed by atoms with Crippen LogP contribution in [0.25, 0.3) is 11.0 Å². The zero-order chi connectivity index (χ0) is 19.0. The number of para-hydroxylation sites is 1. The number of benzene rings is 2. The first-order valence-corrected chi connectivity index (χ1v) is 10.3. The summed E-state index contributed by atoms with van der Waals surface area (Å²) in [5.41, 5.74) is 0.935. The Labute approximate surface area is 157 Å². The Hall–Kier alpha value is -2.80. The van der Waals surface area contributed by atoms with Gasteiger partial charge in [-0.25, -0.2) is 13.2 Å². The molecule has 1 aliphatic rings. The average molecular weight is 384 g/mol. The largest absolute Gasteiger partial charge is 0.421 e. The molecular formula is C20H20N2O4S. The minimum Gasteiger partial charge on any atom is -0.421 e. The Morgan fingerprint density at radius 2 is 1.67 bits per heavy atom. The molecule has 2 aromatic carbocycles. The lowest BCUT2D eigenvalue weighted by Crippen LogP contribution is -2.26. The number of rotatable bonds is 4. The molecule has 0 aliphatic carbocycles. The van der Waals surface area contributed by atoms with E-state index in [1.54, 1.807) is 37.3 Å². The normalized spacial score (nSPS) is 14.6. The quantitative estimate of drug-likeness (QED) is 0.697. The number of anilines is 2. The molecule has 140 valence electrons. The first-order valence-electron chi connectivity index (χ1n) is 8.86. The van der Waals surface area contributed by atoms with E-state index in [0.29, 0.717) is 16.8 Å². The van der Waals surface area contributed by atoms with E-state index >= 15 is 0 Å². The van der Waals surface area contributed by atoms with Crippen molar-refractivity contribution < 1.29 is 12.8 Å². The minimum atomic E-state index is -3.92. The van der Waals surface area contributed by atoms with E-state index in [-0.39, 0.29) is 10.6 Å². The van der Waals surface area contributed by atoms with Gasteiger partial charge in [0.2, 0.25) is 0 Å². The fraction of sp³-hybridized carbons (Fsp3) is 0.250. The summed E-state index contributed by atoms with van der Waals surface area (Å²) in [6, 6.07) is 13.9. The van der Waals surface area contributed by atoms with Gasteiger partial charge in [-0.3, -0.25) is 4.72 Å². The van der Waals surface area contributed by atoms with Crippen LogP contribution in [0.4, 0.5) is 11.4 Å². The van der Waals surface area contributed by atoms with Gasteiger partial charge in [-0.05, 0) is 43.5 Å². The zero-order valence-electron chi connectivity index (χ0n) is 14.9. The highest BCUT2D eigenvalue weighted by molar-refractivity contribution is 7.92. The number of hydrogen-bond acceptors (Lipinski definition) is 5. The third kappa shape index (κ3) is 3.19. The maximum atomic E-state index is 13.0. The van der Waals surface area contributed by atoms with Crippen molar-refractivity contribution >= 4 is 32.4 Å². The van der Waals surface area contributed by atoms with Crippen molar-refractivity contribution in [3.8, 4) is 0 Å². The SMILES string of the molecule is Cc1ccccc1S(=O)(=O)Nc1c(N2CCCC2)c2ccccc2oc1=O. The van der Waals surface area contributed by atoms with E-state index in [1.807, 2.05) is 12.1 Å². The van der Waals surface area contributed by atoms with E-state index in [4.69, 9.17) is 4.42 Å². The molecule has 6 nitrogen and oxygen atoms in total. The summed E-state index contributed by atoms with van der Waals surface area (Å²) >= 11 is 0. The summed E-state index contributed by atoms with van der Waals surface area (Å²) in [6.45, 7) is 3.26. The molecule has 1 N–H and O–H groups in total. The van der Waals surface area contributed by atoms with Gasteiger partial charge < -0.3 is 9.32 Å².